The Kier molecular flexibility index (Phi) is 5.23. The van der Waals surface area contributed by atoms with Crippen molar-refractivity contribution in [1.82, 2.24) is 14.5 Å². The van der Waals surface area contributed by atoms with E-state index in [1.165, 1.54) is 34.9 Å². The van der Waals surface area contributed by atoms with Crippen LogP contribution in [0.1, 0.15) is 123 Å². The SMILES string of the molecule is [2H]C([2H])([2H])c1ccc(-c2ccnc(-c3cc(-c4cccc5c4nc(-c4cc(C(C([2H])([2H])[2H])(C([2H])([2H])[2H])C([2H])([2H])[2H])cc(C(C([2H])([2H])[2H])(C([2H])([2H])[2H])C([2H])([2H])[2H])c4O)n5-c4ccc(C([2H])([2H])[2H])cc4-c4ccccc4)cc(C(C)(C)C)c3)c2)cc1. The molecule has 0 saturated heterocycles. The average molecular weight is 812 g/mol. The molecule has 2 heterocycles. The van der Waals surface area contributed by atoms with Crippen LogP contribution in [0.2, 0.25) is 0 Å². The number of para-hydroxylation sites is 1. The van der Waals surface area contributed by atoms with Gasteiger partial charge in [-0.3, -0.25) is 9.55 Å². The Morgan fingerprint density at radius 3 is 1.97 bits per heavy atom. The molecule has 0 aliphatic heterocycles. The van der Waals surface area contributed by atoms with Gasteiger partial charge in [-0.15, -0.1) is 0 Å². The molecule has 8 aromatic rings. The van der Waals surface area contributed by atoms with Crippen molar-refractivity contribution >= 4 is 11.0 Å². The summed E-state index contributed by atoms with van der Waals surface area (Å²) in [6, 6.07) is 33.6. The van der Waals surface area contributed by atoms with Gasteiger partial charge in [0, 0.05) is 61.3 Å². The van der Waals surface area contributed by atoms with E-state index in [0.717, 1.165) is 5.56 Å². The van der Waals surface area contributed by atoms with Crippen molar-refractivity contribution in [2.45, 2.75) is 91.8 Å². The fraction of sp³-hybridized carbons (Fsp3) is 0.250. The van der Waals surface area contributed by atoms with Crippen molar-refractivity contribution in [3.63, 3.8) is 0 Å². The summed E-state index contributed by atoms with van der Waals surface area (Å²) in [5.41, 5.74) is -7.87. The molecule has 0 unspecified atom stereocenters. The molecular weight excluding hydrogens is 731 g/mol. The lowest BCUT2D eigenvalue weighted by molar-refractivity contribution is 0.446. The van der Waals surface area contributed by atoms with Crippen LogP contribution in [0.5, 0.6) is 5.75 Å². The third-order valence-corrected chi connectivity index (χ3v) is 10.6. The number of fused-ring (bicyclic) bond motifs is 1. The zero-order chi connectivity index (χ0) is 62.7. The van der Waals surface area contributed by atoms with E-state index < -0.39 is 99.3 Å². The van der Waals surface area contributed by atoms with E-state index in [1.807, 2.05) is 39.0 Å². The molecule has 0 aliphatic rings. The summed E-state index contributed by atoms with van der Waals surface area (Å²) in [7, 11) is 0. The molecule has 0 bridgehead atoms. The number of aromatic nitrogens is 3. The molecule has 302 valence electrons. The van der Waals surface area contributed by atoms with Crippen LogP contribution >= 0.6 is 0 Å². The maximum atomic E-state index is 13.0. The Balaban J connectivity index is 1.59. The molecule has 6 aromatic carbocycles. The lowest BCUT2D eigenvalue weighted by atomic mass is 9.79. The minimum atomic E-state index is -4.22. The number of benzene rings is 6. The van der Waals surface area contributed by atoms with Gasteiger partial charge in [-0.2, -0.15) is 0 Å². The monoisotopic (exact) mass is 812 g/mol. The van der Waals surface area contributed by atoms with Crippen LogP contribution in [0.4, 0.5) is 0 Å². The highest BCUT2D eigenvalue weighted by atomic mass is 16.3. The van der Waals surface area contributed by atoms with Crippen molar-refractivity contribution in [3.8, 4) is 67.5 Å². The van der Waals surface area contributed by atoms with Crippen molar-refractivity contribution in [2.75, 3.05) is 0 Å². The third kappa shape index (κ3) is 7.79. The molecule has 0 radical (unpaired) electrons. The van der Waals surface area contributed by atoms with E-state index >= 15 is 0 Å². The summed E-state index contributed by atoms with van der Waals surface area (Å²) in [6.07, 6.45) is 1.59. The number of hydrogen-bond acceptors (Lipinski definition) is 3. The molecule has 1 N–H and O–H groups in total. The maximum Gasteiger partial charge on any atom is 0.149 e. The zero-order valence-corrected chi connectivity index (χ0v) is 33.1. The van der Waals surface area contributed by atoms with E-state index in [1.54, 1.807) is 79.0 Å². The standard InChI is InChI=1S/C56H57N3O/c1-35-20-23-37(24-21-35)39-26-27-57-48(32-39)41-29-40(30-42(31-41)54(3,4)5)44-18-15-19-50-51(44)58-53(46-33-43(55(6,7)8)34-47(52(46)60)56(9,10)11)59(50)49-25-22-36(2)28-45(49)38-16-13-12-14-17-38/h12-34,60H,1-11H3/i1D3,2D3,6D3,7D3,8D3,9D3,10D3,11D3. The van der Waals surface area contributed by atoms with Crippen LogP contribution in [0, 0.1) is 13.7 Å². The Morgan fingerprint density at radius 2 is 1.25 bits per heavy atom. The predicted molar refractivity (Wildman–Crippen MR) is 253 cm³/mol. The fourth-order valence-corrected chi connectivity index (χ4v) is 7.44. The summed E-state index contributed by atoms with van der Waals surface area (Å²) < 4.78 is 207. The Hall–Kier alpha value is -6.26. The number of nitrogens with zero attached hydrogens (tertiary/aromatic N) is 3. The van der Waals surface area contributed by atoms with Gasteiger partial charge in [0.2, 0.25) is 0 Å². The van der Waals surface area contributed by atoms with Crippen LogP contribution in [0.15, 0.2) is 140 Å². The quantitative estimate of drug-likeness (QED) is 0.182. The van der Waals surface area contributed by atoms with E-state index in [4.69, 9.17) is 42.9 Å². The molecule has 0 spiro atoms. The summed E-state index contributed by atoms with van der Waals surface area (Å²) in [6.45, 7) is -24.1. The highest BCUT2D eigenvalue weighted by Crippen LogP contribution is 2.46. The van der Waals surface area contributed by atoms with Crippen molar-refractivity contribution in [3.05, 3.63) is 167 Å². The molecule has 0 fully saturated rings. The smallest absolute Gasteiger partial charge is 0.149 e. The van der Waals surface area contributed by atoms with Crippen molar-refractivity contribution in [2.24, 2.45) is 0 Å². The van der Waals surface area contributed by atoms with Crippen LogP contribution in [0.3, 0.4) is 0 Å². The first-order valence-corrected chi connectivity index (χ1v) is 19.1. The van der Waals surface area contributed by atoms with E-state index in [-0.39, 0.29) is 39.5 Å². The van der Waals surface area contributed by atoms with E-state index in [9.17, 15) is 5.11 Å². The molecule has 8 rings (SSSR count). The minimum Gasteiger partial charge on any atom is -0.507 e. The average Bonchev–Trinajstić information content (AvgIpc) is 3.91. The highest BCUT2D eigenvalue weighted by molar-refractivity contribution is 5.98. The second-order valence-electron chi connectivity index (χ2n) is 16.0. The number of imidazole rings is 1. The van der Waals surface area contributed by atoms with E-state index in [2.05, 4.69) is 0 Å². The molecular formula is C56H57N3O. The second kappa shape index (κ2) is 15.1. The topological polar surface area (TPSA) is 50.9 Å². The number of phenols is 1. The normalized spacial score (nSPS) is 19.9. The fourth-order valence-electron chi connectivity index (χ4n) is 7.44. The molecule has 60 heavy (non-hydrogen) atoms. The molecule has 0 amide bonds. The lowest BCUT2D eigenvalue weighted by Crippen LogP contribution is -2.17. The van der Waals surface area contributed by atoms with Crippen LogP contribution in [-0.2, 0) is 16.2 Å². The van der Waals surface area contributed by atoms with Gasteiger partial charge in [-0.05, 0) is 112 Å². The number of aromatic hydroxyl groups is 1. The molecule has 4 heteroatoms. The van der Waals surface area contributed by atoms with Crippen LogP contribution < -0.4 is 0 Å². The Labute approximate surface area is 390 Å². The summed E-state index contributed by atoms with van der Waals surface area (Å²) in [5.74, 6) is -2.04. The number of pyridine rings is 1. The molecule has 4 nitrogen and oxygen atoms in total. The predicted octanol–water partition coefficient (Wildman–Crippen LogP) is 15.0. The van der Waals surface area contributed by atoms with Crippen molar-refractivity contribution < 1.29 is 38.0 Å². The summed E-state index contributed by atoms with van der Waals surface area (Å²) >= 11 is 0. The third-order valence-electron chi connectivity index (χ3n) is 10.6. The highest BCUT2D eigenvalue weighted by Gasteiger charge is 2.29. The summed E-state index contributed by atoms with van der Waals surface area (Å²) in [4.78, 5) is 9.81. The van der Waals surface area contributed by atoms with Gasteiger partial charge in [-0.1, -0.05) is 158 Å². The Bertz CT molecular complexity index is 3700. The molecule has 0 atom stereocenters. The van der Waals surface area contributed by atoms with Gasteiger partial charge in [0.1, 0.15) is 11.6 Å². The maximum absolute atomic E-state index is 13.0. The molecule has 2 aromatic heterocycles. The molecule has 0 aliphatic carbocycles. The number of phenolic OH excluding ortho intramolecular Hbond substituents is 1. The molecule has 0 saturated carbocycles. The lowest BCUT2D eigenvalue weighted by Gasteiger charge is -2.27. The number of aryl methyl sites for hydroxylation is 2. The Morgan fingerprint density at radius 1 is 0.533 bits per heavy atom. The van der Waals surface area contributed by atoms with Crippen molar-refractivity contribution in [1.29, 1.82) is 0 Å². The van der Waals surface area contributed by atoms with Gasteiger partial charge in [0.05, 0.1) is 28.0 Å². The van der Waals surface area contributed by atoms with Gasteiger partial charge in [-0.25, -0.2) is 4.98 Å². The number of rotatable bonds is 6. The van der Waals surface area contributed by atoms with Gasteiger partial charge in [0.15, 0.2) is 0 Å². The van der Waals surface area contributed by atoms with Crippen LogP contribution in [-0.4, -0.2) is 19.6 Å². The summed E-state index contributed by atoms with van der Waals surface area (Å²) in [5, 5.41) is 13.0. The second-order valence-corrected chi connectivity index (χ2v) is 16.0. The van der Waals surface area contributed by atoms with Gasteiger partial charge < -0.3 is 5.11 Å². The van der Waals surface area contributed by atoms with E-state index in [0.29, 0.717) is 45.1 Å². The van der Waals surface area contributed by atoms with Crippen LogP contribution in [0.25, 0.3) is 72.7 Å². The largest absolute Gasteiger partial charge is 0.507 e. The van der Waals surface area contributed by atoms with Gasteiger partial charge >= 0.3 is 0 Å². The number of hydrogen-bond donors (Lipinski definition) is 1. The van der Waals surface area contributed by atoms with Gasteiger partial charge in [0.25, 0.3) is 0 Å². The first kappa shape index (κ1) is 20.8. The first-order valence-electron chi connectivity index (χ1n) is 31.1. The first-order chi connectivity index (χ1) is 38.3. The minimum absolute atomic E-state index is 0.0354. The zero-order valence-electron chi connectivity index (χ0n) is 57.1.